The summed E-state index contributed by atoms with van der Waals surface area (Å²) in [6.07, 6.45) is 7.28. The molecule has 0 unspecified atom stereocenters. The van der Waals surface area contributed by atoms with E-state index in [1.165, 1.54) is 19.2 Å². The molecular weight excluding hydrogens is 322 g/mol. The molecule has 0 atom stereocenters. The molecule has 1 aliphatic heterocycles. The standard InChI is InChI=1S/C18H14N3O4/c22-6-11-5-19-17-15(11)20-8-21-16(17)14-12(23-7-10-1-2-10)3-4-13-18(14)25-9-24-13/h3-5,8,10,19H,1-2,7,9H2. The Bertz CT molecular complexity index is 978. The van der Waals surface area contributed by atoms with Gasteiger partial charge in [-0.3, -0.25) is 4.79 Å². The van der Waals surface area contributed by atoms with Crippen LogP contribution in [0.4, 0.5) is 0 Å². The lowest BCUT2D eigenvalue weighted by atomic mass is 10.1. The minimum absolute atomic E-state index is 0.154. The second-order valence-electron chi connectivity index (χ2n) is 6.18. The normalized spacial score (nSPS) is 15.5. The summed E-state index contributed by atoms with van der Waals surface area (Å²) in [4.78, 5) is 22.8. The summed E-state index contributed by atoms with van der Waals surface area (Å²) >= 11 is 0. The molecule has 1 aromatic carbocycles. The van der Waals surface area contributed by atoms with Gasteiger partial charge in [0.1, 0.15) is 23.3 Å². The molecule has 25 heavy (non-hydrogen) atoms. The maximum atomic E-state index is 11.1. The van der Waals surface area contributed by atoms with Gasteiger partial charge >= 0.3 is 0 Å². The average molecular weight is 336 g/mol. The van der Waals surface area contributed by atoms with Gasteiger partial charge in [0.05, 0.1) is 23.3 Å². The molecule has 7 nitrogen and oxygen atoms in total. The van der Waals surface area contributed by atoms with Gasteiger partial charge in [-0.25, -0.2) is 9.97 Å². The van der Waals surface area contributed by atoms with E-state index in [0.29, 0.717) is 57.6 Å². The highest BCUT2D eigenvalue weighted by molar-refractivity contribution is 6.01. The van der Waals surface area contributed by atoms with Crippen molar-refractivity contribution < 1.29 is 19.0 Å². The van der Waals surface area contributed by atoms with Gasteiger partial charge in [-0.2, -0.15) is 0 Å². The van der Waals surface area contributed by atoms with Crippen LogP contribution in [0.15, 0.2) is 24.7 Å². The summed E-state index contributed by atoms with van der Waals surface area (Å²) < 4.78 is 17.2. The summed E-state index contributed by atoms with van der Waals surface area (Å²) in [6.45, 7) is 0.819. The van der Waals surface area contributed by atoms with Gasteiger partial charge in [0.25, 0.3) is 0 Å². The highest BCUT2D eigenvalue weighted by Crippen LogP contribution is 2.48. The van der Waals surface area contributed by atoms with E-state index in [1.807, 2.05) is 18.4 Å². The van der Waals surface area contributed by atoms with Gasteiger partial charge in [-0.15, -0.1) is 0 Å². The molecule has 1 radical (unpaired) electrons. The molecule has 2 aromatic heterocycles. The van der Waals surface area contributed by atoms with Crippen molar-refractivity contribution in [3.8, 4) is 28.5 Å². The SMILES string of the molecule is O=[C]c1c[nH]c2c(-c3c(OCC4CC4)ccc4c3OCO4)ncnc12. The van der Waals surface area contributed by atoms with Gasteiger partial charge in [0, 0.05) is 6.20 Å². The van der Waals surface area contributed by atoms with Crippen molar-refractivity contribution in [2.24, 2.45) is 5.92 Å². The molecule has 3 heterocycles. The number of aromatic nitrogens is 3. The highest BCUT2D eigenvalue weighted by Gasteiger charge is 2.28. The first-order chi connectivity index (χ1) is 12.3. The first kappa shape index (κ1) is 14.3. The molecule has 1 fully saturated rings. The van der Waals surface area contributed by atoms with Crippen LogP contribution in [0.3, 0.4) is 0 Å². The Labute approximate surface area is 142 Å². The van der Waals surface area contributed by atoms with Crippen molar-refractivity contribution >= 4 is 17.3 Å². The van der Waals surface area contributed by atoms with Crippen molar-refractivity contribution in [2.75, 3.05) is 13.4 Å². The Hall–Kier alpha value is -3.09. The molecule has 0 bridgehead atoms. The quantitative estimate of drug-likeness (QED) is 0.771. The number of rotatable bonds is 5. The molecule has 125 valence electrons. The Kier molecular flexibility index (Phi) is 3.12. The van der Waals surface area contributed by atoms with Gasteiger partial charge in [-0.05, 0) is 30.9 Å². The number of benzene rings is 1. The molecule has 1 saturated carbocycles. The maximum Gasteiger partial charge on any atom is 0.237 e. The van der Waals surface area contributed by atoms with E-state index in [2.05, 4.69) is 15.0 Å². The average Bonchev–Trinajstić information content (AvgIpc) is 3.18. The summed E-state index contributed by atoms with van der Waals surface area (Å²) in [5.41, 5.74) is 2.84. The number of carbonyl (C=O) groups excluding carboxylic acids is 1. The van der Waals surface area contributed by atoms with E-state index in [1.54, 1.807) is 6.20 Å². The zero-order valence-corrected chi connectivity index (χ0v) is 13.2. The van der Waals surface area contributed by atoms with Crippen LogP contribution in [0.2, 0.25) is 0 Å². The van der Waals surface area contributed by atoms with E-state index in [4.69, 9.17) is 14.2 Å². The smallest absolute Gasteiger partial charge is 0.237 e. The van der Waals surface area contributed by atoms with Crippen LogP contribution in [-0.2, 0) is 4.79 Å². The number of hydrogen-bond donors (Lipinski definition) is 1. The third-order valence-corrected chi connectivity index (χ3v) is 4.48. The van der Waals surface area contributed by atoms with E-state index in [-0.39, 0.29) is 6.79 Å². The number of aromatic amines is 1. The summed E-state index contributed by atoms with van der Waals surface area (Å²) in [5.74, 6) is 2.54. The third kappa shape index (κ3) is 2.31. The van der Waals surface area contributed by atoms with Gasteiger partial charge < -0.3 is 19.2 Å². The predicted octanol–water partition coefficient (Wildman–Crippen LogP) is 2.60. The van der Waals surface area contributed by atoms with E-state index in [0.717, 1.165) is 0 Å². The van der Waals surface area contributed by atoms with Crippen LogP contribution in [0, 0.1) is 5.92 Å². The molecule has 2 aliphatic rings. The van der Waals surface area contributed by atoms with Crippen molar-refractivity contribution in [3.63, 3.8) is 0 Å². The summed E-state index contributed by atoms with van der Waals surface area (Å²) in [5, 5.41) is 0. The van der Waals surface area contributed by atoms with E-state index < -0.39 is 0 Å². The lowest BCUT2D eigenvalue weighted by Crippen LogP contribution is -2.02. The van der Waals surface area contributed by atoms with Gasteiger partial charge in [-0.1, -0.05) is 0 Å². The number of H-pyrrole nitrogens is 1. The summed E-state index contributed by atoms with van der Waals surface area (Å²) in [7, 11) is 0. The highest BCUT2D eigenvalue weighted by atomic mass is 16.7. The molecule has 1 N–H and O–H groups in total. The fourth-order valence-corrected chi connectivity index (χ4v) is 3.00. The molecule has 3 aromatic rings. The fraction of sp³-hybridized carbons (Fsp3) is 0.278. The van der Waals surface area contributed by atoms with Crippen molar-refractivity contribution in [2.45, 2.75) is 12.8 Å². The Morgan fingerprint density at radius 2 is 2.20 bits per heavy atom. The van der Waals surface area contributed by atoms with E-state index in [9.17, 15) is 4.79 Å². The Balaban J connectivity index is 1.71. The van der Waals surface area contributed by atoms with Crippen LogP contribution in [-0.4, -0.2) is 34.6 Å². The molecule has 1 aliphatic carbocycles. The second-order valence-corrected chi connectivity index (χ2v) is 6.18. The fourth-order valence-electron chi connectivity index (χ4n) is 3.00. The molecule has 7 heteroatoms. The largest absolute Gasteiger partial charge is 0.492 e. The molecule has 0 amide bonds. The van der Waals surface area contributed by atoms with Gasteiger partial charge in [0.15, 0.2) is 11.5 Å². The predicted molar refractivity (Wildman–Crippen MR) is 88.5 cm³/mol. The van der Waals surface area contributed by atoms with Crippen LogP contribution < -0.4 is 14.2 Å². The Morgan fingerprint density at radius 3 is 3.04 bits per heavy atom. The zero-order chi connectivity index (χ0) is 16.8. The van der Waals surface area contributed by atoms with Crippen molar-refractivity contribution in [1.29, 1.82) is 0 Å². The van der Waals surface area contributed by atoms with Crippen LogP contribution in [0.1, 0.15) is 18.4 Å². The minimum atomic E-state index is 0.154. The van der Waals surface area contributed by atoms with Crippen molar-refractivity contribution in [1.82, 2.24) is 15.0 Å². The number of hydrogen-bond acceptors (Lipinski definition) is 6. The number of fused-ring (bicyclic) bond motifs is 2. The third-order valence-electron chi connectivity index (χ3n) is 4.48. The van der Waals surface area contributed by atoms with Gasteiger partial charge in [0.2, 0.25) is 13.1 Å². The molecule has 5 rings (SSSR count). The topological polar surface area (TPSA) is 86.3 Å². The first-order valence-electron chi connectivity index (χ1n) is 8.11. The number of ether oxygens (including phenoxy) is 3. The van der Waals surface area contributed by atoms with Crippen molar-refractivity contribution in [3.05, 3.63) is 30.2 Å². The maximum absolute atomic E-state index is 11.1. The monoisotopic (exact) mass is 336 g/mol. The summed E-state index contributed by atoms with van der Waals surface area (Å²) in [6, 6.07) is 3.71. The van der Waals surface area contributed by atoms with E-state index >= 15 is 0 Å². The first-order valence-corrected chi connectivity index (χ1v) is 8.11. The molecule has 0 saturated heterocycles. The second kappa shape index (κ2) is 5.47. The Morgan fingerprint density at radius 1 is 1.28 bits per heavy atom. The molecular formula is C18H14N3O4. The zero-order valence-electron chi connectivity index (χ0n) is 13.2. The lowest BCUT2D eigenvalue weighted by Gasteiger charge is -2.13. The minimum Gasteiger partial charge on any atom is -0.492 e. The lowest BCUT2D eigenvalue weighted by molar-refractivity contribution is 0.174. The van der Waals surface area contributed by atoms with Crippen LogP contribution in [0.25, 0.3) is 22.3 Å². The van der Waals surface area contributed by atoms with Crippen LogP contribution in [0.5, 0.6) is 17.2 Å². The number of nitrogens with one attached hydrogen (secondary N) is 1. The molecule has 0 spiro atoms. The van der Waals surface area contributed by atoms with Crippen LogP contribution >= 0.6 is 0 Å². The number of nitrogens with zero attached hydrogens (tertiary/aromatic N) is 2.